The van der Waals surface area contributed by atoms with Crippen LogP contribution in [0.15, 0.2) is 36.5 Å². The van der Waals surface area contributed by atoms with Gasteiger partial charge in [0.25, 0.3) is 0 Å². The van der Waals surface area contributed by atoms with E-state index in [0.29, 0.717) is 5.92 Å². The van der Waals surface area contributed by atoms with E-state index in [1.54, 1.807) is 0 Å². The lowest BCUT2D eigenvalue weighted by atomic mass is 10.1. The molecule has 0 radical (unpaired) electrons. The molecule has 0 saturated carbocycles. The fraction of sp³-hybridized carbons (Fsp3) is 0.286. The number of pyridine rings is 2. The van der Waals surface area contributed by atoms with E-state index in [-0.39, 0.29) is 0 Å². The van der Waals surface area contributed by atoms with Crippen molar-refractivity contribution in [3.05, 3.63) is 47.9 Å². The van der Waals surface area contributed by atoms with Crippen LogP contribution >= 0.6 is 0 Å². The molecular formula is C14H16N2. The van der Waals surface area contributed by atoms with Crippen molar-refractivity contribution in [1.82, 2.24) is 9.97 Å². The molecule has 0 spiro atoms. The maximum atomic E-state index is 4.48. The third-order valence-corrected chi connectivity index (χ3v) is 2.56. The minimum Gasteiger partial charge on any atom is -0.260 e. The van der Waals surface area contributed by atoms with Crippen molar-refractivity contribution >= 4 is 0 Å². The van der Waals surface area contributed by atoms with Gasteiger partial charge in [0, 0.05) is 23.1 Å². The first kappa shape index (κ1) is 10.8. The zero-order valence-corrected chi connectivity index (χ0v) is 9.94. The highest BCUT2D eigenvalue weighted by Gasteiger charge is 2.03. The number of rotatable bonds is 2. The Hall–Kier alpha value is -1.70. The Bertz CT molecular complexity index is 472. The molecule has 0 aliphatic heterocycles. The van der Waals surface area contributed by atoms with Crippen LogP contribution in [0, 0.1) is 6.92 Å². The van der Waals surface area contributed by atoms with Crippen molar-refractivity contribution in [2.45, 2.75) is 26.7 Å². The molecule has 2 heteroatoms. The molecule has 0 unspecified atom stereocenters. The van der Waals surface area contributed by atoms with Gasteiger partial charge in [0.1, 0.15) is 0 Å². The Balaban J connectivity index is 2.35. The summed E-state index contributed by atoms with van der Waals surface area (Å²) >= 11 is 0. The van der Waals surface area contributed by atoms with Gasteiger partial charge in [-0.05, 0) is 37.1 Å². The van der Waals surface area contributed by atoms with Gasteiger partial charge in [-0.1, -0.05) is 19.9 Å². The van der Waals surface area contributed by atoms with Gasteiger partial charge in [-0.3, -0.25) is 9.97 Å². The second-order valence-electron chi connectivity index (χ2n) is 4.29. The van der Waals surface area contributed by atoms with Gasteiger partial charge in [0.05, 0.1) is 5.69 Å². The summed E-state index contributed by atoms with van der Waals surface area (Å²) in [6, 6.07) is 10.2. The van der Waals surface area contributed by atoms with E-state index in [1.165, 1.54) is 0 Å². The lowest BCUT2D eigenvalue weighted by Crippen LogP contribution is -1.93. The van der Waals surface area contributed by atoms with Gasteiger partial charge >= 0.3 is 0 Å². The Kier molecular flexibility index (Phi) is 3.00. The molecule has 2 heterocycles. The highest BCUT2D eigenvalue weighted by Crippen LogP contribution is 2.18. The quantitative estimate of drug-likeness (QED) is 0.760. The molecule has 2 aromatic heterocycles. The number of hydrogen-bond acceptors (Lipinski definition) is 2. The maximum absolute atomic E-state index is 4.48. The Morgan fingerprint density at radius 2 is 1.88 bits per heavy atom. The van der Waals surface area contributed by atoms with Gasteiger partial charge in [-0.25, -0.2) is 0 Å². The van der Waals surface area contributed by atoms with E-state index in [0.717, 1.165) is 22.6 Å². The molecule has 0 aliphatic rings. The predicted octanol–water partition coefficient (Wildman–Crippen LogP) is 3.58. The second kappa shape index (κ2) is 4.44. The largest absolute Gasteiger partial charge is 0.260 e. The van der Waals surface area contributed by atoms with Crippen LogP contribution in [-0.2, 0) is 0 Å². The molecular weight excluding hydrogens is 196 g/mol. The normalized spacial score (nSPS) is 10.8. The van der Waals surface area contributed by atoms with Crippen molar-refractivity contribution in [3.8, 4) is 11.3 Å². The smallest absolute Gasteiger partial charge is 0.0720 e. The predicted molar refractivity (Wildman–Crippen MR) is 66.3 cm³/mol. The molecule has 0 fully saturated rings. The molecule has 0 saturated heterocycles. The van der Waals surface area contributed by atoms with E-state index in [2.05, 4.69) is 35.9 Å². The molecule has 2 rings (SSSR count). The summed E-state index contributed by atoms with van der Waals surface area (Å²) < 4.78 is 0. The van der Waals surface area contributed by atoms with Crippen LogP contribution in [-0.4, -0.2) is 9.97 Å². The maximum Gasteiger partial charge on any atom is 0.0720 e. The summed E-state index contributed by atoms with van der Waals surface area (Å²) in [6.07, 6.45) is 1.90. The van der Waals surface area contributed by atoms with Crippen LogP contribution in [0.3, 0.4) is 0 Å². The molecule has 0 aliphatic carbocycles. The van der Waals surface area contributed by atoms with E-state index in [1.807, 2.05) is 31.3 Å². The first-order chi connectivity index (χ1) is 7.66. The monoisotopic (exact) mass is 212 g/mol. The van der Waals surface area contributed by atoms with E-state index in [4.69, 9.17) is 0 Å². The van der Waals surface area contributed by atoms with Gasteiger partial charge in [0.2, 0.25) is 0 Å². The third-order valence-electron chi connectivity index (χ3n) is 2.56. The van der Waals surface area contributed by atoms with Crippen molar-refractivity contribution < 1.29 is 0 Å². The number of aromatic nitrogens is 2. The van der Waals surface area contributed by atoms with E-state index in [9.17, 15) is 0 Å². The third kappa shape index (κ3) is 2.27. The lowest BCUT2D eigenvalue weighted by molar-refractivity contribution is 0.823. The Morgan fingerprint density at radius 3 is 2.44 bits per heavy atom. The standard InChI is InChI=1S/C14H16N2/c1-10(2)13-8-7-12(9-15-13)14-6-4-5-11(3)16-14/h4-10H,1-3H3. The first-order valence-electron chi connectivity index (χ1n) is 5.57. The highest BCUT2D eigenvalue weighted by molar-refractivity contribution is 5.57. The average molecular weight is 212 g/mol. The number of aryl methyl sites for hydroxylation is 1. The van der Waals surface area contributed by atoms with E-state index < -0.39 is 0 Å². The minimum absolute atomic E-state index is 0.472. The van der Waals surface area contributed by atoms with Crippen molar-refractivity contribution in [3.63, 3.8) is 0 Å². The minimum atomic E-state index is 0.472. The van der Waals surface area contributed by atoms with Crippen molar-refractivity contribution in [2.75, 3.05) is 0 Å². The number of nitrogens with zero attached hydrogens (tertiary/aromatic N) is 2. The Morgan fingerprint density at radius 1 is 1.06 bits per heavy atom. The van der Waals surface area contributed by atoms with Crippen LogP contribution in [0.2, 0.25) is 0 Å². The molecule has 0 bridgehead atoms. The molecule has 0 amide bonds. The molecule has 0 N–H and O–H groups in total. The van der Waals surface area contributed by atoms with E-state index >= 15 is 0 Å². The fourth-order valence-electron chi connectivity index (χ4n) is 1.60. The molecule has 2 nitrogen and oxygen atoms in total. The van der Waals surface area contributed by atoms with Gasteiger partial charge in [-0.15, -0.1) is 0 Å². The van der Waals surface area contributed by atoms with Gasteiger partial charge < -0.3 is 0 Å². The summed E-state index contributed by atoms with van der Waals surface area (Å²) in [6.45, 7) is 6.29. The molecule has 2 aromatic rings. The van der Waals surface area contributed by atoms with Crippen molar-refractivity contribution in [2.24, 2.45) is 0 Å². The van der Waals surface area contributed by atoms with Crippen LogP contribution in [0.4, 0.5) is 0 Å². The van der Waals surface area contributed by atoms with Gasteiger partial charge in [-0.2, -0.15) is 0 Å². The van der Waals surface area contributed by atoms with Crippen molar-refractivity contribution in [1.29, 1.82) is 0 Å². The van der Waals surface area contributed by atoms with Crippen LogP contribution in [0.1, 0.15) is 31.2 Å². The summed E-state index contributed by atoms with van der Waals surface area (Å²) in [5.41, 5.74) is 4.22. The molecule has 0 aromatic carbocycles. The Labute approximate surface area is 96.4 Å². The number of hydrogen-bond donors (Lipinski definition) is 0. The van der Waals surface area contributed by atoms with Crippen LogP contribution in [0.25, 0.3) is 11.3 Å². The fourth-order valence-corrected chi connectivity index (χ4v) is 1.60. The topological polar surface area (TPSA) is 25.8 Å². The molecule has 0 atom stereocenters. The van der Waals surface area contributed by atoms with Crippen LogP contribution < -0.4 is 0 Å². The van der Waals surface area contributed by atoms with Gasteiger partial charge in [0.15, 0.2) is 0 Å². The molecule has 82 valence electrons. The SMILES string of the molecule is Cc1cccc(-c2ccc(C(C)C)nc2)n1. The second-order valence-corrected chi connectivity index (χ2v) is 4.29. The first-order valence-corrected chi connectivity index (χ1v) is 5.57. The highest BCUT2D eigenvalue weighted by atomic mass is 14.7. The zero-order valence-electron chi connectivity index (χ0n) is 9.94. The summed E-state index contributed by atoms with van der Waals surface area (Å²) in [7, 11) is 0. The summed E-state index contributed by atoms with van der Waals surface area (Å²) in [5.74, 6) is 0.472. The average Bonchev–Trinajstić information content (AvgIpc) is 2.29. The lowest BCUT2D eigenvalue weighted by Gasteiger charge is -2.05. The summed E-state index contributed by atoms with van der Waals surface area (Å²) in [4.78, 5) is 8.92. The summed E-state index contributed by atoms with van der Waals surface area (Å²) in [5, 5.41) is 0. The van der Waals surface area contributed by atoms with Crippen LogP contribution in [0.5, 0.6) is 0 Å². The zero-order chi connectivity index (χ0) is 11.5. The molecule has 16 heavy (non-hydrogen) atoms.